The Kier molecular flexibility index (Phi) is 3.30. The molecule has 0 unspecified atom stereocenters. The maximum atomic E-state index is 12.6. The van der Waals surface area contributed by atoms with Crippen molar-refractivity contribution in [2.24, 2.45) is 0 Å². The van der Waals surface area contributed by atoms with Crippen LogP contribution in [0, 0.1) is 0 Å². The number of hydrogen-bond acceptors (Lipinski definition) is 3. The molecule has 3 heterocycles. The lowest BCUT2D eigenvalue weighted by Crippen LogP contribution is -2.31. The highest BCUT2D eigenvalue weighted by Gasteiger charge is 2.21. The highest BCUT2D eigenvalue weighted by Crippen LogP contribution is 2.29. The largest absolute Gasteiger partial charge is 0.345 e. The number of rotatable bonds is 2. The second-order valence-electron chi connectivity index (χ2n) is 5.85. The van der Waals surface area contributed by atoms with Gasteiger partial charge >= 0.3 is 0 Å². The van der Waals surface area contributed by atoms with Gasteiger partial charge in [-0.2, -0.15) is 0 Å². The Morgan fingerprint density at radius 3 is 3.04 bits per heavy atom. The molecule has 1 aliphatic heterocycles. The molecule has 0 saturated carbocycles. The molecule has 4 rings (SSSR count). The summed E-state index contributed by atoms with van der Waals surface area (Å²) in [7, 11) is 1.78. The Bertz CT molecular complexity index is 961. The first-order valence-corrected chi connectivity index (χ1v) is 7.76. The SMILES string of the molecule is CN1C(=O)CCc2cc(NC(=O)c3c[nH]c4ncccc34)ccc21. The van der Waals surface area contributed by atoms with Crippen LogP contribution in [0.3, 0.4) is 0 Å². The minimum Gasteiger partial charge on any atom is -0.345 e. The molecule has 0 bridgehead atoms. The molecule has 0 saturated heterocycles. The molecule has 3 aromatic rings. The van der Waals surface area contributed by atoms with Gasteiger partial charge in [-0.05, 0) is 42.3 Å². The number of aryl methyl sites for hydroxylation is 1. The molecule has 0 fully saturated rings. The molecule has 0 radical (unpaired) electrons. The number of hydrogen-bond donors (Lipinski definition) is 2. The Hall–Kier alpha value is -3.15. The Morgan fingerprint density at radius 2 is 2.17 bits per heavy atom. The van der Waals surface area contributed by atoms with Gasteiger partial charge < -0.3 is 15.2 Å². The molecule has 0 aliphatic carbocycles. The van der Waals surface area contributed by atoms with Crippen molar-refractivity contribution in [1.29, 1.82) is 0 Å². The number of benzene rings is 1. The van der Waals surface area contributed by atoms with E-state index >= 15 is 0 Å². The summed E-state index contributed by atoms with van der Waals surface area (Å²) in [5.41, 5.74) is 3.94. The van der Waals surface area contributed by atoms with E-state index in [1.165, 1.54) is 0 Å². The minimum atomic E-state index is -0.186. The van der Waals surface area contributed by atoms with Crippen LogP contribution in [0.2, 0.25) is 0 Å². The van der Waals surface area contributed by atoms with Crippen LogP contribution in [0.15, 0.2) is 42.7 Å². The van der Waals surface area contributed by atoms with Gasteiger partial charge in [0.1, 0.15) is 5.65 Å². The average molecular weight is 320 g/mol. The van der Waals surface area contributed by atoms with Crippen molar-refractivity contribution in [2.45, 2.75) is 12.8 Å². The van der Waals surface area contributed by atoms with Crippen molar-refractivity contribution in [3.63, 3.8) is 0 Å². The van der Waals surface area contributed by atoms with Crippen LogP contribution in [-0.2, 0) is 11.2 Å². The number of anilines is 2. The van der Waals surface area contributed by atoms with E-state index in [1.807, 2.05) is 24.3 Å². The molecule has 0 spiro atoms. The van der Waals surface area contributed by atoms with Gasteiger partial charge in [-0.25, -0.2) is 4.98 Å². The lowest BCUT2D eigenvalue weighted by molar-refractivity contribution is -0.118. The van der Waals surface area contributed by atoms with Crippen molar-refractivity contribution >= 4 is 34.2 Å². The molecule has 2 N–H and O–H groups in total. The summed E-state index contributed by atoms with van der Waals surface area (Å²) >= 11 is 0. The van der Waals surface area contributed by atoms with E-state index in [9.17, 15) is 9.59 Å². The smallest absolute Gasteiger partial charge is 0.257 e. The van der Waals surface area contributed by atoms with Crippen LogP contribution >= 0.6 is 0 Å². The molecular weight excluding hydrogens is 304 g/mol. The molecule has 1 aromatic carbocycles. The zero-order chi connectivity index (χ0) is 16.7. The van der Waals surface area contributed by atoms with Crippen LogP contribution in [0.5, 0.6) is 0 Å². The predicted octanol–water partition coefficient (Wildman–Crippen LogP) is 2.72. The van der Waals surface area contributed by atoms with Crippen LogP contribution in [0.4, 0.5) is 11.4 Å². The summed E-state index contributed by atoms with van der Waals surface area (Å²) in [6.07, 6.45) is 4.54. The summed E-state index contributed by atoms with van der Waals surface area (Å²) in [5, 5.41) is 3.71. The van der Waals surface area contributed by atoms with E-state index in [2.05, 4.69) is 15.3 Å². The summed E-state index contributed by atoms with van der Waals surface area (Å²) in [6, 6.07) is 9.29. The summed E-state index contributed by atoms with van der Waals surface area (Å²) in [4.78, 5) is 33.1. The number of nitrogens with zero attached hydrogens (tertiary/aromatic N) is 2. The third-order valence-corrected chi connectivity index (χ3v) is 4.38. The van der Waals surface area contributed by atoms with Crippen molar-refractivity contribution in [1.82, 2.24) is 9.97 Å². The highest BCUT2D eigenvalue weighted by molar-refractivity contribution is 6.12. The summed E-state index contributed by atoms with van der Waals surface area (Å²) < 4.78 is 0. The quantitative estimate of drug-likeness (QED) is 0.762. The Balaban J connectivity index is 1.62. The van der Waals surface area contributed by atoms with E-state index in [1.54, 1.807) is 30.4 Å². The first kappa shape index (κ1) is 14.4. The number of nitrogens with one attached hydrogen (secondary N) is 2. The first-order valence-electron chi connectivity index (χ1n) is 7.76. The number of H-pyrrole nitrogens is 1. The molecule has 120 valence electrons. The summed E-state index contributed by atoms with van der Waals surface area (Å²) in [5.74, 6) is -0.0694. The number of aromatic amines is 1. The first-order chi connectivity index (χ1) is 11.6. The van der Waals surface area contributed by atoms with Gasteiger partial charge in [-0.3, -0.25) is 9.59 Å². The number of aromatic nitrogens is 2. The second kappa shape index (κ2) is 5.49. The molecule has 0 atom stereocenters. The molecule has 2 aromatic heterocycles. The fourth-order valence-electron chi connectivity index (χ4n) is 3.08. The second-order valence-corrected chi connectivity index (χ2v) is 5.85. The van der Waals surface area contributed by atoms with E-state index in [0.717, 1.165) is 22.3 Å². The third kappa shape index (κ3) is 2.32. The molecule has 24 heavy (non-hydrogen) atoms. The maximum Gasteiger partial charge on any atom is 0.257 e. The predicted molar refractivity (Wildman–Crippen MR) is 92.2 cm³/mol. The van der Waals surface area contributed by atoms with Crippen LogP contribution in [0.1, 0.15) is 22.3 Å². The Labute approximate surface area is 138 Å². The topological polar surface area (TPSA) is 78.1 Å². The lowest BCUT2D eigenvalue weighted by Gasteiger charge is -2.26. The van der Waals surface area contributed by atoms with Gasteiger partial charge in [0.2, 0.25) is 5.91 Å². The number of fused-ring (bicyclic) bond motifs is 2. The van der Waals surface area contributed by atoms with Crippen LogP contribution < -0.4 is 10.2 Å². The molecule has 6 heteroatoms. The van der Waals surface area contributed by atoms with Crippen molar-refractivity contribution < 1.29 is 9.59 Å². The monoisotopic (exact) mass is 320 g/mol. The third-order valence-electron chi connectivity index (χ3n) is 4.38. The van der Waals surface area contributed by atoms with Gasteiger partial charge in [0.15, 0.2) is 0 Å². The van der Waals surface area contributed by atoms with Crippen LogP contribution in [-0.4, -0.2) is 28.8 Å². The van der Waals surface area contributed by atoms with Gasteiger partial charge in [0, 0.05) is 42.6 Å². The fraction of sp³-hybridized carbons (Fsp3) is 0.167. The van der Waals surface area contributed by atoms with Crippen molar-refractivity contribution in [2.75, 3.05) is 17.3 Å². The lowest BCUT2D eigenvalue weighted by atomic mass is 10.0. The normalized spacial score (nSPS) is 13.9. The molecule has 1 aliphatic rings. The number of amides is 2. The van der Waals surface area contributed by atoms with Gasteiger partial charge in [0.05, 0.1) is 5.56 Å². The van der Waals surface area contributed by atoms with Crippen molar-refractivity contribution in [3.8, 4) is 0 Å². The number of carbonyl (C=O) groups is 2. The number of pyridine rings is 1. The molecule has 6 nitrogen and oxygen atoms in total. The molecular formula is C18H16N4O2. The summed E-state index contributed by atoms with van der Waals surface area (Å²) in [6.45, 7) is 0. The van der Waals surface area contributed by atoms with E-state index in [-0.39, 0.29) is 11.8 Å². The fourth-order valence-corrected chi connectivity index (χ4v) is 3.08. The standard InChI is InChI=1S/C18H16N4O2/c1-22-15-6-5-12(9-11(15)4-7-16(22)23)21-18(24)14-10-20-17-13(14)3-2-8-19-17/h2-3,5-6,8-10H,4,7H2,1H3,(H,19,20)(H,21,24). The van der Waals surface area contributed by atoms with Gasteiger partial charge in [-0.1, -0.05) is 0 Å². The maximum absolute atomic E-state index is 12.6. The van der Waals surface area contributed by atoms with Gasteiger partial charge in [-0.15, -0.1) is 0 Å². The van der Waals surface area contributed by atoms with Crippen molar-refractivity contribution in [3.05, 3.63) is 53.9 Å². The zero-order valence-corrected chi connectivity index (χ0v) is 13.2. The van der Waals surface area contributed by atoms with E-state index in [4.69, 9.17) is 0 Å². The number of carbonyl (C=O) groups excluding carboxylic acids is 2. The van der Waals surface area contributed by atoms with E-state index < -0.39 is 0 Å². The molecule has 2 amide bonds. The zero-order valence-electron chi connectivity index (χ0n) is 13.2. The Morgan fingerprint density at radius 1 is 1.29 bits per heavy atom. The van der Waals surface area contributed by atoms with E-state index in [0.29, 0.717) is 24.1 Å². The van der Waals surface area contributed by atoms with Gasteiger partial charge in [0.25, 0.3) is 5.91 Å². The minimum absolute atomic E-state index is 0.116. The average Bonchev–Trinajstić information content (AvgIpc) is 3.02. The van der Waals surface area contributed by atoms with Crippen LogP contribution in [0.25, 0.3) is 11.0 Å². The highest BCUT2D eigenvalue weighted by atomic mass is 16.2.